The molecule has 0 fully saturated rings. The Hall–Kier alpha value is -3.26. The Bertz CT molecular complexity index is 968. The van der Waals surface area contributed by atoms with E-state index in [2.05, 4.69) is 4.98 Å². The van der Waals surface area contributed by atoms with Crippen molar-refractivity contribution in [1.29, 1.82) is 0 Å². The van der Waals surface area contributed by atoms with Crippen LogP contribution in [-0.4, -0.2) is 22.0 Å². The molecule has 0 aliphatic carbocycles. The summed E-state index contributed by atoms with van der Waals surface area (Å²) < 4.78 is 13.1. The molecule has 2 aromatic carbocycles. The van der Waals surface area contributed by atoms with Gasteiger partial charge in [-0.15, -0.1) is 0 Å². The molecule has 0 bridgehead atoms. The summed E-state index contributed by atoms with van der Waals surface area (Å²) in [6.45, 7) is 1.90. The van der Waals surface area contributed by atoms with E-state index >= 15 is 0 Å². The first-order chi connectivity index (χ1) is 12.4. The van der Waals surface area contributed by atoms with Crippen molar-refractivity contribution >= 4 is 39.9 Å². The Morgan fingerprint density at radius 3 is 2.31 bits per heavy atom. The smallest absolute Gasteiger partial charge is 0.418 e. The number of benzene rings is 2. The first kappa shape index (κ1) is 17.6. The summed E-state index contributed by atoms with van der Waals surface area (Å²) in [6.07, 6.45) is -1.32. The molecular weight excluding hydrogens is 357 g/mol. The highest BCUT2D eigenvalue weighted by Gasteiger charge is 2.25. The first-order valence-electron chi connectivity index (χ1n) is 7.53. The number of nitrogen functional groups attached to an aromatic ring is 1. The molecule has 1 aromatic heterocycles. The van der Waals surface area contributed by atoms with Gasteiger partial charge < -0.3 is 10.8 Å². The van der Waals surface area contributed by atoms with Crippen molar-refractivity contribution in [2.45, 2.75) is 6.92 Å². The summed E-state index contributed by atoms with van der Waals surface area (Å²) in [5.41, 5.74) is 7.48. The highest BCUT2D eigenvalue weighted by molar-refractivity contribution is 7.18. The molecule has 0 radical (unpaired) electrons. The average molecular weight is 371 g/mol. The molecule has 132 valence electrons. The molecule has 0 unspecified atom stereocenters. The fourth-order valence-corrected chi connectivity index (χ4v) is 3.27. The Morgan fingerprint density at radius 1 is 1.12 bits per heavy atom. The average Bonchev–Trinajstić information content (AvgIpc) is 2.98. The standard InChI is InChI=1S/C18H14FN3O3S/c1-10-2-4-11(5-3-10)14(23)15-16(20)21-17(26-15)22(18(24)25)13-8-6-12(19)7-9-13/h2-9H,20H2,1H3,(H,24,25). The number of hydrogen-bond donors (Lipinski definition) is 2. The van der Waals surface area contributed by atoms with Gasteiger partial charge in [-0.25, -0.2) is 19.1 Å². The van der Waals surface area contributed by atoms with Gasteiger partial charge in [-0.2, -0.15) is 0 Å². The predicted octanol–water partition coefficient (Wildman–Crippen LogP) is 4.22. The maximum atomic E-state index is 13.1. The number of aryl methyl sites for hydroxylation is 1. The number of halogens is 1. The van der Waals surface area contributed by atoms with Crippen LogP contribution in [0.2, 0.25) is 0 Å². The molecule has 0 aliphatic heterocycles. The van der Waals surface area contributed by atoms with Crippen LogP contribution in [0.3, 0.4) is 0 Å². The lowest BCUT2D eigenvalue weighted by atomic mass is 10.1. The summed E-state index contributed by atoms with van der Waals surface area (Å²) in [4.78, 5) is 29.3. The fourth-order valence-electron chi connectivity index (χ4n) is 2.31. The maximum Gasteiger partial charge on any atom is 0.418 e. The van der Waals surface area contributed by atoms with Gasteiger partial charge in [0.1, 0.15) is 16.5 Å². The van der Waals surface area contributed by atoms with E-state index in [1.54, 1.807) is 24.3 Å². The van der Waals surface area contributed by atoms with E-state index in [1.807, 2.05) is 6.92 Å². The lowest BCUT2D eigenvalue weighted by Gasteiger charge is -2.15. The van der Waals surface area contributed by atoms with E-state index in [9.17, 15) is 19.1 Å². The van der Waals surface area contributed by atoms with Gasteiger partial charge in [0.25, 0.3) is 0 Å². The molecule has 0 atom stereocenters. The summed E-state index contributed by atoms with van der Waals surface area (Å²) in [6, 6.07) is 11.8. The van der Waals surface area contributed by atoms with Gasteiger partial charge in [-0.3, -0.25) is 4.79 Å². The monoisotopic (exact) mass is 371 g/mol. The van der Waals surface area contributed by atoms with E-state index in [0.717, 1.165) is 33.9 Å². The molecule has 26 heavy (non-hydrogen) atoms. The second-order valence-electron chi connectivity index (χ2n) is 5.50. The SMILES string of the molecule is Cc1ccc(C(=O)c2sc(N(C(=O)O)c3ccc(F)cc3)nc2N)cc1. The third-order valence-corrected chi connectivity index (χ3v) is 4.68. The number of thiazole rings is 1. The third kappa shape index (κ3) is 3.40. The van der Waals surface area contributed by atoms with E-state index in [4.69, 9.17) is 5.73 Å². The molecule has 1 amide bonds. The van der Waals surface area contributed by atoms with Gasteiger partial charge in [0, 0.05) is 5.56 Å². The largest absolute Gasteiger partial charge is 0.464 e. The van der Waals surface area contributed by atoms with Crippen LogP contribution in [0.25, 0.3) is 0 Å². The lowest BCUT2D eigenvalue weighted by Crippen LogP contribution is -2.23. The molecule has 3 aromatic rings. The van der Waals surface area contributed by atoms with Crippen molar-refractivity contribution in [3.63, 3.8) is 0 Å². The zero-order valence-electron chi connectivity index (χ0n) is 13.6. The van der Waals surface area contributed by atoms with Crippen LogP contribution in [0.1, 0.15) is 20.8 Å². The van der Waals surface area contributed by atoms with Crippen LogP contribution in [0, 0.1) is 12.7 Å². The summed E-state index contributed by atoms with van der Waals surface area (Å²) in [7, 11) is 0. The van der Waals surface area contributed by atoms with Gasteiger partial charge >= 0.3 is 6.09 Å². The normalized spacial score (nSPS) is 10.5. The molecule has 0 saturated carbocycles. The second kappa shape index (κ2) is 6.93. The van der Waals surface area contributed by atoms with Gasteiger partial charge in [0.05, 0.1) is 5.69 Å². The van der Waals surface area contributed by atoms with E-state index < -0.39 is 11.9 Å². The minimum atomic E-state index is -1.32. The Morgan fingerprint density at radius 2 is 1.73 bits per heavy atom. The van der Waals surface area contributed by atoms with Crippen molar-refractivity contribution in [2.75, 3.05) is 10.6 Å². The van der Waals surface area contributed by atoms with Gasteiger partial charge in [-0.05, 0) is 31.2 Å². The number of ketones is 1. The number of carboxylic acid groups (broad SMARTS) is 1. The second-order valence-corrected chi connectivity index (χ2v) is 6.48. The number of carbonyl (C=O) groups is 2. The van der Waals surface area contributed by atoms with Crippen molar-refractivity contribution in [3.8, 4) is 0 Å². The fraction of sp³-hybridized carbons (Fsp3) is 0.0556. The van der Waals surface area contributed by atoms with Crippen molar-refractivity contribution in [2.24, 2.45) is 0 Å². The van der Waals surface area contributed by atoms with Crippen molar-refractivity contribution in [1.82, 2.24) is 4.98 Å². The number of aromatic nitrogens is 1. The number of hydrogen-bond acceptors (Lipinski definition) is 5. The number of amides is 1. The van der Waals surface area contributed by atoms with Gasteiger partial charge in [-0.1, -0.05) is 41.2 Å². The van der Waals surface area contributed by atoms with Crippen molar-refractivity contribution < 1.29 is 19.1 Å². The number of rotatable bonds is 4. The Labute approximate surface area is 152 Å². The summed E-state index contributed by atoms with van der Waals surface area (Å²) >= 11 is 0.868. The molecule has 0 spiro atoms. The van der Waals surface area contributed by atoms with E-state index in [-0.39, 0.29) is 27.3 Å². The number of anilines is 3. The van der Waals surface area contributed by atoms with Crippen LogP contribution in [0.4, 0.5) is 25.8 Å². The summed E-state index contributed by atoms with van der Waals surface area (Å²) in [5.74, 6) is -0.882. The van der Waals surface area contributed by atoms with Crippen LogP contribution in [-0.2, 0) is 0 Å². The topological polar surface area (TPSA) is 96.5 Å². The number of carbonyl (C=O) groups excluding carboxylic acids is 1. The Kier molecular flexibility index (Phi) is 4.68. The molecule has 3 N–H and O–H groups in total. The lowest BCUT2D eigenvalue weighted by molar-refractivity contribution is 0.104. The zero-order chi connectivity index (χ0) is 18.8. The molecule has 1 heterocycles. The van der Waals surface area contributed by atoms with Crippen LogP contribution >= 0.6 is 11.3 Å². The molecule has 3 rings (SSSR count). The predicted molar refractivity (Wildman–Crippen MR) is 97.7 cm³/mol. The highest BCUT2D eigenvalue weighted by atomic mass is 32.1. The minimum absolute atomic E-state index is 0.0112. The quantitative estimate of drug-likeness (QED) is 0.669. The van der Waals surface area contributed by atoms with Gasteiger partial charge in [0.15, 0.2) is 0 Å². The number of nitrogens with zero attached hydrogens (tertiary/aromatic N) is 2. The van der Waals surface area contributed by atoms with Crippen LogP contribution < -0.4 is 10.6 Å². The van der Waals surface area contributed by atoms with E-state index in [0.29, 0.717) is 5.56 Å². The zero-order valence-corrected chi connectivity index (χ0v) is 14.5. The maximum absolute atomic E-state index is 13.1. The summed E-state index contributed by atoms with van der Waals surface area (Å²) in [5, 5.41) is 9.52. The van der Waals surface area contributed by atoms with Crippen LogP contribution in [0.5, 0.6) is 0 Å². The molecule has 0 aliphatic rings. The minimum Gasteiger partial charge on any atom is -0.464 e. The molecular formula is C18H14FN3O3S. The Balaban J connectivity index is 1.99. The molecule has 8 heteroatoms. The third-order valence-electron chi connectivity index (χ3n) is 3.63. The van der Waals surface area contributed by atoms with Crippen LogP contribution in [0.15, 0.2) is 48.5 Å². The van der Waals surface area contributed by atoms with Crippen molar-refractivity contribution in [3.05, 3.63) is 70.4 Å². The first-order valence-corrected chi connectivity index (χ1v) is 8.35. The van der Waals surface area contributed by atoms with E-state index in [1.165, 1.54) is 12.1 Å². The van der Waals surface area contributed by atoms with Gasteiger partial charge in [0.2, 0.25) is 10.9 Å². The molecule has 6 nitrogen and oxygen atoms in total. The molecule has 0 saturated heterocycles. The number of nitrogens with two attached hydrogens (primary N) is 1. The highest BCUT2D eigenvalue weighted by Crippen LogP contribution is 2.34.